The molecule has 4 aromatic rings. The fourth-order valence-corrected chi connectivity index (χ4v) is 4.17. The van der Waals surface area contributed by atoms with E-state index in [2.05, 4.69) is 0 Å². The Morgan fingerprint density at radius 3 is 2.58 bits per heavy atom. The van der Waals surface area contributed by atoms with Gasteiger partial charge in [0.1, 0.15) is 34.1 Å². The number of halogens is 3. The van der Waals surface area contributed by atoms with Gasteiger partial charge < -0.3 is 14.0 Å². The van der Waals surface area contributed by atoms with Gasteiger partial charge in [-0.15, -0.1) is 0 Å². The summed E-state index contributed by atoms with van der Waals surface area (Å²) in [5.74, 6) is 0.616. The van der Waals surface area contributed by atoms with Crippen molar-refractivity contribution in [2.45, 2.75) is 13.0 Å². The van der Waals surface area contributed by atoms with Gasteiger partial charge in [0.25, 0.3) is 5.56 Å². The molecule has 4 rings (SSSR count). The first-order chi connectivity index (χ1) is 15.9. The molecule has 9 heteroatoms. The van der Waals surface area contributed by atoms with Crippen molar-refractivity contribution >= 4 is 28.7 Å². The van der Waals surface area contributed by atoms with Crippen LogP contribution in [-0.2, 0) is 13.0 Å². The zero-order valence-corrected chi connectivity index (χ0v) is 19.2. The standard InChI is InChI=1S/C24H18Cl2FN3O3/c1-32-18-5-4-15(22(9-18)33-2)12-29-13-17(8-14-3-6-20(27)16(7-14)11-28)30-21(24(29)31)10-19(25)23(30)26/h3-7,9-10,13H,8,12H2,1-2H3. The van der Waals surface area contributed by atoms with Gasteiger partial charge in [0.05, 0.1) is 31.4 Å². The van der Waals surface area contributed by atoms with E-state index >= 15 is 0 Å². The zero-order chi connectivity index (χ0) is 23.7. The lowest BCUT2D eigenvalue weighted by atomic mass is 10.1. The molecule has 0 aliphatic carbocycles. The fourth-order valence-electron chi connectivity index (χ4n) is 3.72. The summed E-state index contributed by atoms with van der Waals surface area (Å²) in [5, 5.41) is 9.61. The molecule has 0 radical (unpaired) electrons. The third kappa shape index (κ3) is 4.28. The van der Waals surface area contributed by atoms with Crippen molar-refractivity contribution in [3.63, 3.8) is 0 Å². The SMILES string of the molecule is COc1ccc(Cn2cc(Cc3ccc(F)c(C#N)c3)n3c(Cl)c(Cl)cc3c2=O)c(OC)c1. The predicted octanol–water partition coefficient (Wildman–Crippen LogP) is 5.07. The molecule has 0 saturated carbocycles. The first-order valence-electron chi connectivity index (χ1n) is 9.84. The maximum Gasteiger partial charge on any atom is 0.275 e. The Bertz CT molecular complexity index is 1470. The number of hydrogen-bond donors (Lipinski definition) is 0. The van der Waals surface area contributed by atoms with E-state index in [0.717, 1.165) is 5.56 Å². The minimum Gasteiger partial charge on any atom is -0.497 e. The van der Waals surface area contributed by atoms with E-state index in [9.17, 15) is 9.18 Å². The minimum absolute atomic E-state index is 0.0586. The quantitative estimate of drug-likeness (QED) is 0.382. The highest BCUT2D eigenvalue weighted by Crippen LogP contribution is 2.29. The number of fused-ring (bicyclic) bond motifs is 1. The third-order valence-corrected chi connectivity index (χ3v) is 6.10. The monoisotopic (exact) mass is 485 g/mol. The Morgan fingerprint density at radius 2 is 1.88 bits per heavy atom. The highest BCUT2D eigenvalue weighted by atomic mass is 35.5. The Kier molecular flexibility index (Phi) is 6.32. The summed E-state index contributed by atoms with van der Waals surface area (Å²) < 4.78 is 27.6. The first kappa shape index (κ1) is 22.7. The van der Waals surface area contributed by atoms with Crippen LogP contribution in [0.2, 0.25) is 10.2 Å². The summed E-state index contributed by atoms with van der Waals surface area (Å²) >= 11 is 12.6. The second kappa shape index (κ2) is 9.18. The first-order valence-corrected chi connectivity index (χ1v) is 10.6. The molecule has 2 aromatic heterocycles. The van der Waals surface area contributed by atoms with Crippen molar-refractivity contribution in [1.82, 2.24) is 8.97 Å². The molecule has 0 unspecified atom stereocenters. The summed E-state index contributed by atoms with van der Waals surface area (Å²) in [5.41, 5.74) is 2.05. The van der Waals surface area contributed by atoms with Crippen molar-refractivity contribution in [2.75, 3.05) is 14.2 Å². The van der Waals surface area contributed by atoms with Crippen molar-refractivity contribution in [3.8, 4) is 17.6 Å². The van der Waals surface area contributed by atoms with Gasteiger partial charge >= 0.3 is 0 Å². The van der Waals surface area contributed by atoms with Crippen molar-refractivity contribution in [1.29, 1.82) is 5.26 Å². The molecule has 2 aromatic carbocycles. The minimum atomic E-state index is -0.593. The number of hydrogen-bond acceptors (Lipinski definition) is 4. The van der Waals surface area contributed by atoms with E-state index in [1.54, 1.807) is 43.0 Å². The largest absolute Gasteiger partial charge is 0.497 e. The maximum atomic E-state index is 13.8. The lowest BCUT2D eigenvalue weighted by molar-refractivity contribution is 0.390. The van der Waals surface area contributed by atoms with Gasteiger partial charge in [-0.25, -0.2) is 4.39 Å². The summed E-state index contributed by atoms with van der Waals surface area (Å²) in [6.45, 7) is 0.225. The highest BCUT2D eigenvalue weighted by Gasteiger charge is 2.17. The lowest BCUT2D eigenvalue weighted by Crippen LogP contribution is -2.24. The average molecular weight is 486 g/mol. The fraction of sp³-hybridized carbons (Fsp3) is 0.167. The molecule has 168 valence electrons. The van der Waals surface area contributed by atoms with Crippen LogP contribution in [-0.4, -0.2) is 23.2 Å². The number of benzene rings is 2. The van der Waals surface area contributed by atoms with E-state index in [4.69, 9.17) is 37.9 Å². The molecule has 0 atom stereocenters. The summed E-state index contributed by atoms with van der Waals surface area (Å²) in [4.78, 5) is 13.2. The van der Waals surface area contributed by atoms with Gasteiger partial charge in [0.2, 0.25) is 0 Å². The molecule has 6 nitrogen and oxygen atoms in total. The third-order valence-electron chi connectivity index (χ3n) is 5.34. The Hall–Kier alpha value is -3.47. The molecule has 0 fully saturated rings. The molecule has 0 N–H and O–H groups in total. The van der Waals surface area contributed by atoms with Crippen molar-refractivity contribution in [3.05, 3.63) is 97.4 Å². The normalized spacial score (nSPS) is 10.9. The van der Waals surface area contributed by atoms with Crippen LogP contribution in [0.25, 0.3) is 5.52 Å². The molecule has 0 aliphatic rings. The van der Waals surface area contributed by atoms with Gasteiger partial charge in [-0.05, 0) is 35.9 Å². The molecule has 2 heterocycles. The van der Waals surface area contributed by atoms with E-state index in [0.29, 0.717) is 28.3 Å². The van der Waals surface area contributed by atoms with Crippen LogP contribution >= 0.6 is 23.2 Å². The number of rotatable bonds is 6. The van der Waals surface area contributed by atoms with Crippen LogP contribution in [0.3, 0.4) is 0 Å². The van der Waals surface area contributed by atoms with E-state index < -0.39 is 5.82 Å². The number of ether oxygens (including phenoxy) is 2. The van der Waals surface area contributed by atoms with Crippen LogP contribution in [0, 0.1) is 17.1 Å². The molecule has 0 saturated heterocycles. The highest BCUT2D eigenvalue weighted by molar-refractivity contribution is 6.42. The van der Waals surface area contributed by atoms with Crippen LogP contribution in [0.1, 0.15) is 22.4 Å². The molecule has 0 bridgehead atoms. The Morgan fingerprint density at radius 1 is 1.09 bits per heavy atom. The second-order valence-electron chi connectivity index (χ2n) is 7.34. The Balaban J connectivity index is 1.85. The van der Waals surface area contributed by atoms with Crippen LogP contribution in [0.4, 0.5) is 4.39 Å². The van der Waals surface area contributed by atoms with Gasteiger partial charge in [-0.2, -0.15) is 5.26 Å². The lowest BCUT2D eigenvalue weighted by Gasteiger charge is -2.15. The van der Waals surface area contributed by atoms with Crippen molar-refractivity contribution in [2.24, 2.45) is 0 Å². The smallest absolute Gasteiger partial charge is 0.275 e. The molecular formula is C24H18Cl2FN3O3. The summed E-state index contributed by atoms with van der Waals surface area (Å²) in [7, 11) is 3.11. The predicted molar refractivity (Wildman–Crippen MR) is 124 cm³/mol. The number of methoxy groups -OCH3 is 2. The zero-order valence-electron chi connectivity index (χ0n) is 17.7. The number of nitriles is 1. The van der Waals surface area contributed by atoms with E-state index in [1.807, 2.05) is 12.1 Å². The molecule has 0 aliphatic heterocycles. The van der Waals surface area contributed by atoms with Gasteiger partial charge in [-0.3, -0.25) is 9.20 Å². The number of nitrogens with zero attached hydrogens (tertiary/aromatic N) is 3. The van der Waals surface area contributed by atoms with E-state index in [1.165, 1.54) is 22.8 Å². The van der Waals surface area contributed by atoms with Crippen LogP contribution in [0.5, 0.6) is 11.5 Å². The number of aromatic nitrogens is 2. The second-order valence-corrected chi connectivity index (χ2v) is 8.10. The van der Waals surface area contributed by atoms with Crippen molar-refractivity contribution < 1.29 is 13.9 Å². The van der Waals surface area contributed by atoms with Gasteiger partial charge in [0, 0.05) is 29.9 Å². The summed E-state index contributed by atoms with van der Waals surface area (Å²) in [6.07, 6.45) is 1.97. The van der Waals surface area contributed by atoms with Crippen LogP contribution in [0.15, 0.2) is 53.5 Å². The van der Waals surface area contributed by atoms with Crippen LogP contribution < -0.4 is 15.0 Å². The summed E-state index contributed by atoms with van der Waals surface area (Å²) in [6, 6.07) is 13.0. The average Bonchev–Trinajstić information content (AvgIpc) is 3.13. The van der Waals surface area contributed by atoms with Gasteiger partial charge in [-0.1, -0.05) is 29.3 Å². The molecule has 0 spiro atoms. The van der Waals surface area contributed by atoms with Gasteiger partial charge in [0.15, 0.2) is 0 Å². The topological polar surface area (TPSA) is 68.7 Å². The van der Waals surface area contributed by atoms with E-state index in [-0.39, 0.29) is 34.3 Å². The molecular weight excluding hydrogens is 468 g/mol. The Labute approximate surface area is 198 Å². The molecule has 0 amide bonds. The maximum absolute atomic E-state index is 13.8. The molecule has 33 heavy (non-hydrogen) atoms.